The second kappa shape index (κ2) is 9.40. The fourth-order valence-electron chi connectivity index (χ4n) is 1.86. The molecule has 2 N–H and O–H groups in total. The number of halogens is 2. The second-order valence-electron chi connectivity index (χ2n) is 4.72. The number of benzene rings is 2. The summed E-state index contributed by atoms with van der Waals surface area (Å²) in [5.41, 5.74) is 0.448. The molecule has 0 atom stereocenters. The molecule has 0 fully saturated rings. The van der Waals surface area contributed by atoms with Gasteiger partial charge in [-0.3, -0.25) is 0 Å². The van der Waals surface area contributed by atoms with Gasteiger partial charge in [0.1, 0.15) is 12.4 Å². The van der Waals surface area contributed by atoms with Crippen molar-refractivity contribution < 1.29 is 18.7 Å². The van der Waals surface area contributed by atoms with Gasteiger partial charge in [0.25, 0.3) is 0 Å². The molecule has 0 saturated carbocycles. The molecule has 0 bridgehead atoms. The van der Waals surface area contributed by atoms with Gasteiger partial charge in [0, 0.05) is 5.02 Å². The number of carbonyl (C=O) groups is 1. The molecule has 0 radical (unpaired) electrons. The maximum atomic E-state index is 13.3. The SMILES string of the molecule is COc1ccc(Cl)cc1NC(=O)NCC#CCOc1ccccc1F. The van der Waals surface area contributed by atoms with Crippen LogP contribution in [0.25, 0.3) is 0 Å². The van der Waals surface area contributed by atoms with Crippen LogP contribution in [0.2, 0.25) is 5.02 Å². The molecule has 7 heteroatoms. The zero-order valence-corrected chi connectivity index (χ0v) is 14.2. The monoisotopic (exact) mass is 362 g/mol. The van der Waals surface area contributed by atoms with Crippen LogP contribution in [0, 0.1) is 17.7 Å². The molecule has 5 nitrogen and oxygen atoms in total. The van der Waals surface area contributed by atoms with E-state index in [0.717, 1.165) is 0 Å². The maximum absolute atomic E-state index is 13.3. The highest BCUT2D eigenvalue weighted by Crippen LogP contribution is 2.27. The number of ether oxygens (including phenoxy) is 2. The molecule has 2 rings (SSSR count). The number of rotatable bonds is 5. The predicted octanol–water partition coefficient (Wildman–Crippen LogP) is 3.69. The lowest BCUT2D eigenvalue weighted by Gasteiger charge is -2.10. The van der Waals surface area contributed by atoms with Gasteiger partial charge in [0.15, 0.2) is 11.6 Å². The third-order valence-corrected chi connectivity index (χ3v) is 3.24. The number of nitrogens with one attached hydrogen (secondary N) is 2. The minimum absolute atomic E-state index is 0.0202. The van der Waals surface area contributed by atoms with E-state index in [2.05, 4.69) is 22.5 Å². The summed E-state index contributed by atoms with van der Waals surface area (Å²) in [6, 6.07) is 10.5. The van der Waals surface area contributed by atoms with E-state index < -0.39 is 11.8 Å². The Morgan fingerprint density at radius 2 is 2.00 bits per heavy atom. The number of anilines is 1. The lowest BCUT2D eigenvalue weighted by Crippen LogP contribution is -2.29. The number of amides is 2. The molecule has 2 amide bonds. The average molecular weight is 363 g/mol. The highest BCUT2D eigenvalue weighted by molar-refractivity contribution is 6.31. The largest absolute Gasteiger partial charge is 0.495 e. The van der Waals surface area contributed by atoms with Crippen LogP contribution in [-0.2, 0) is 0 Å². The molecule has 0 aliphatic carbocycles. The highest BCUT2D eigenvalue weighted by Gasteiger charge is 2.07. The molecule has 0 unspecified atom stereocenters. The molecule has 0 aliphatic rings. The molecule has 0 saturated heterocycles. The van der Waals surface area contributed by atoms with E-state index in [1.54, 1.807) is 30.3 Å². The van der Waals surface area contributed by atoms with Gasteiger partial charge in [-0.05, 0) is 30.3 Å². The Kier molecular flexibility index (Phi) is 6.93. The summed E-state index contributed by atoms with van der Waals surface area (Å²) in [5.74, 6) is 5.57. The van der Waals surface area contributed by atoms with Crippen molar-refractivity contribution in [3.05, 3.63) is 53.3 Å². The third-order valence-electron chi connectivity index (χ3n) is 3.01. The molecule has 0 spiro atoms. The van der Waals surface area contributed by atoms with Crippen LogP contribution >= 0.6 is 11.6 Å². The minimum Gasteiger partial charge on any atom is -0.495 e. The number of hydrogen-bond acceptors (Lipinski definition) is 3. The number of para-hydroxylation sites is 1. The summed E-state index contributed by atoms with van der Waals surface area (Å²) in [7, 11) is 1.49. The van der Waals surface area contributed by atoms with Crippen LogP contribution in [0.3, 0.4) is 0 Å². The lowest BCUT2D eigenvalue weighted by atomic mass is 10.3. The molecule has 2 aromatic rings. The van der Waals surface area contributed by atoms with Crippen LogP contribution in [0.15, 0.2) is 42.5 Å². The first kappa shape index (κ1) is 18.4. The summed E-state index contributed by atoms with van der Waals surface area (Å²) in [6.07, 6.45) is 0. The van der Waals surface area contributed by atoms with Crippen molar-refractivity contribution >= 4 is 23.3 Å². The van der Waals surface area contributed by atoms with Gasteiger partial charge in [-0.2, -0.15) is 0 Å². The van der Waals surface area contributed by atoms with E-state index >= 15 is 0 Å². The standard InChI is InChI=1S/C18H16ClFN2O3/c1-24-17-9-8-13(19)12-15(17)22-18(23)21-10-4-5-11-25-16-7-3-2-6-14(16)20/h2-3,6-9,12H,10-11H2,1H3,(H2,21,22,23). The summed E-state index contributed by atoms with van der Waals surface area (Å²) in [6.45, 7) is 0.127. The third kappa shape index (κ3) is 5.90. The first-order chi connectivity index (χ1) is 12.1. The fourth-order valence-corrected chi connectivity index (χ4v) is 2.03. The summed E-state index contributed by atoms with van der Waals surface area (Å²) in [4.78, 5) is 11.8. The van der Waals surface area contributed by atoms with Crippen LogP contribution in [0.1, 0.15) is 0 Å². The molecule has 0 aliphatic heterocycles. The van der Waals surface area contributed by atoms with Gasteiger partial charge in [-0.25, -0.2) is 9.18 Å². The lowest BCUT2D eigenvalue weighted by molar-refractivity contribution is 0.253. The zero-order chi connectivity index (χ0) is 18.1. The van der Waals surface area contributed by atoms with E-state index in [9.17, 15) is 9.18 Å². The Morgan fingerprint density at radius 1 is 1.20 bits per heavy atom. The zero-order valence-electron chi connectivity index (χ0n) is 13.4. The van der Waals surface area contributed by atoms with Crippen molar-refractivity contribution in [2.45, 2.75) is 0 Å². The van der Waals surface area contributed by atoms with Crippen LogP contribution < -0.4 is 20.1 Å². The van der Waals surface area contributed by atoms with Crippen LogP contribution in [0.4, 0.5) is 14.9 Å². The van der Waals surface area contributed by atoms with Crippen LogP contribution in [-0.4, -0.2) is 26.3 Å². The maximum Gasteiger partial charge on any atom is 0.320 e. The summed E-state index contributed by atoms with van der Waals surface area (Å²) >= 11 is 5.89. The Labute approximate surface area is 150 Å². The van der Waals surface area contributed by atoms with Crippen molar-refractivity contribution in [1.29, 1.82) is 0 Å². The van der Waals surface area contributed by atoms with Gasteiger partial charge >= 0.3 is 6.03 Å². The van der Waals surface area contributed by atoms with E-state index in [-0.39, 0.29) is 18.9 Å². The van der Waals surface area contributed by atoms with Crippen LogP contribution in [0.5, 0.6) is 11.5 Å². The first-order valence-corrected chi connectivity index (χ1v) is 7.69. The number of carbonyl (C=O) groups excluding carboxylic acids is 1. The Morgan fingerprint density at radius 3 is 2.76 bits per heavy atom. The number of urea groups is 1. The van der Waals surface area contributed by atoms with Gasteiger partial charge in [0.2, 0.25) is 0 Å². The van der Waals surface area contributed by atoms with Crippen molar-refractivity contribution in [3.63, 3.8) is 0 Å². The molecule has 0 aromatic heterocycles. The van der Waals surface area contributed by atoms with E-state index in [0.29, 0.717) is 16.5 Å². The van der Waals surface area contributed by atoms with Gasteiger partial charge in [-0.15, -0.1) is 0 Å². The normalized spacial score (nSPS) is 9.56. The first-order valence-electron chi connectivity index (χ1n) is 7.31. The van der Waals surface area contributed by atoms with E-state index in [4.69, 9.17) is 21.1 Å². The quantitative estimate of drug-likeness (QED) is 0.797. The minimum atomic E-state index is -0.454. The molecular formula is C18H16ClFN2O3. The van der Waals surface area contributed by atoms with Gasteiger partial charge in [-0.1, -0.05) is 35.6 Å². The summed E-state index contributed by atoms with van der Waals surface area (Å²) < 4.78 is 23.6. The smallest absolute Gasteiger partial charge is 0.320 e. The highest BCUT2D eigenvalue weighted by atomic mass is 35.5. The van der Waals surface area contributed by atoms with Crippen molar-refractivity contribution in [2.75, 3.05) is 25.6 Å². The van der Waals surface area contributed by atoms with Crippen molar-refractivity contribution in [1.82, 2.24) is 5.32 Å². The number of hydrogen-bond donors (Lipinski definition) is 2. The Balaban J connectivity index is 1.76. The topological polar surface area (TPSA) is 59.6 Å². The second-order valence-corrected chi connectivity index (χ2v) is 5.16. The van der Waals surface area contributed by atoms with Crippen molar-refractivity contribution in [3.8, 4) is 23.3 Å². The Bertz CT molecular complexity index is 802. The molecule has 0 heterocycles. The van der Waals surface area contributed by atoms with Crippen molar-refractivity contribution in [2.24, 2.45) is 0 Å². The molecule has 130 valence electrons. The predicted molar refractivity (Wildman–Crippen MR) is 94.7 cm³/mol. The molecule has 25 heavy (non-hydrogen) atoms. The average Bonchev–Trinajstić information content (AvgIpc) is 2.59. The summed E-state index contributed by atoms with van der Waals surface area (Å²) in [5, 5.41) is 5.65. The van der Waals surface area contributed by atoms with E-state index in [1.165, 1.54) is 19.2 Å². The van der Waals surface area contributed by atoms with Gasteiger partial charge in [0.05, 0.1) is 19.3 Å². The molecular weight excluding hydrogens is 347 g/mol. The fraction of sp³-hybridized carbons (Fsp3) is 0.167. The Hall–Kier alpha value is -2.91. The van der Waals surface area contributed by atoms with Gasteiger partial charge < -0.3 is 20.1 Å². The molecule has 2 aromatic carbocycles. The number of methoxy groups -OCH3 is 1. The van der Waals surface area contributed by atoms with E-state index in [1.807, 2.05) is 0 Å².